The maximum atomic E-state index is 12.7. The van der Waals surface area contributed by atoms with Gasteiger partial charge in [-0.1, -0.05) is 11.8 Å². The van der Waals surface area contributed by atoms with E-state index in [4.69, 9.17) is 4.42 Å². The van der Waals surface area contributed by atoms with Crippen LogP contribution < -0.4 is 4.90 Å². The summed E-state index contributed by atoms with van der Waals surface area (Å²) >= 11 is 1.53. The van der Waals surface area contributed by atoms with E-state index in [1.54, 1.807) is 20.0 Å². The maximum Gasteiger partial charge on any atom is 0.291 e. The minimum absolute atomic E-state index is 0.0811. The summed E-state index contributed by atoms with van der Waals surface area (Å²) in [6.07, 6.45) is 4.63. The van der Waals surface area contributed by atoms with Crippen LogP contribution >= 0.6 is 11.8 Å². The van der Waals surface area contributed by atoms with E-state index in [2.05, 4.69) is 19.9 Å². The zero-order valence-electron chi connectivity index (χ0n) is 14.2. The van der Waals surface area contributed by atoms with Crippen LogP contribution in [0.1, 0.15) is 28.6 Å². The summed E-state index contributed by atoms with van der Waals surface area (Å²) in [5, 5.41) is 0.762. The molecule has 1 aliphatic heterocycles. The number of rotatable bonds is 3. The second-order valence-corrected chi connectivity index (χ2v) is 6.46. The van der Waals surface area contributed by atoms with Crippen molar-refractivity contribution in [1.29, 1.82) is 0 Å². The number of aromatic nitrogens is 3. The third kappa shape index (κ3) is 3.53. The van der Waals surface area contributed by atoms with Crippen molar-refractivity contribution in [3.8, 4) is 0 Å². The third-order valence-electron chi connectivity index (χ3n) is 4.01. The Hall–Kier alpha value is -2.09. The van der Waals surface area contributed by atoms with Gasteiger partial charge in [-0.3, -0.25) is 4.79 Å². The molecular formula is C16H21N5O2S. The molecule has 24 heavy (non-hydrogen) atoms. The molecule has 1 aliphatic rings. The Labute approximate surface area is 145 Å². The van der Waals surface area contributed by atoms with Crippen LogP contribution in [0.2, 0.25) is 0 Å². The second kappa shape index (κ2) is 7.21. The molecular weight excluding hydrogens is 326 g/mol. The molecule has 0 spiro atoms. The van der Waals surface area contributed by atoms with Gasteiger partial charge in [0.1, 0.15) is 5.82 Å². The van der Waals surface area contributed by atoms with Crippen LogP contribution in [0.25, 0.3) is 0 Å². The van der Waals surface area contributed by atoms with Crippen LogP contribution in [-0.4, -0.2) is 58.2 Å². The molecule has 3 heterocycles. The second-order valence-electron chi connectivity index (χ2n) is 5.68. The van der Waals surface area contributed by atoms with Crippen LogP contribution in [0.5, 0.6) is 0 Å². The number of thioether (sulfide) groups is 1. The number of carbonyl (C=O) groups excluding carboxylic acids is 1. The molecule has 0 unspecified atom stereocenters. The molecule has 1 amide bonds. The molecule has 0 radical (unpaired) electrons. The van der Waals surface area contributed by atoms with Crippen molar-refractivity contribution < 1.29 is 9.21 Å². The number of aryl methyl sites for hydroxylation is 2. The predicted molar refractivity (Wildman–Crippen MR) is 92.5 cm³/mol. The minimum Gasteiger partial charge on any atom is -0.436 e. The van der Waals surface area contributed by atoms with Gasteiger partial charge in [-0.15, -0.1) is 0 Å². The van der Waals surface area contributed by atoms with Crippen molar-refractivity contribution >= 4 is 23.5 Å². The van der Waals surface area contributed by atoms with Crippen LogP contribution in [0.15, 0.2) is 21.8 Å². The number of hydrogen-bond donors (Lipinski definition) is 0. The SMILES string of the molecule is CSc1nccc(N2CCCN(C(=O)c3oc(C)nc3C)CC2)n1. The molecule has 128 valence electrons. The Kier molecular flexibility index (Phi) is 5.03. The largest absolute Gasteiger partial charge is 0.436 e. The molecule has 0 aliphatic carbocycles. The van der Waals surface area contributed by atoms with Gasteiger partial charge in [-0.05, 0) is 25.7 Å². The number of oxazole rings is 1. The molecule has 0 bridgehead atoms. The van der Waals surface area contributed by atoms with Gasteiger partial charge >= 0.3 is 0 Å². The van der Waals surface area contributed by atoms with E-state index in [0.29, 0.717) is 30.4 Å². The molecule has 0 atom stereocenters. The fourth-order valence-electron chi connectivity index (χ4n) is 2.83. The van der Waals surface area contributed by atoms with Crippen LogP contribution in [0.4, 0.5) is 5.82 Å². The summed E-state index contributed by atoms with van der Waals surface area (Å²) in [6, 6.07) is 1.92. The highest BCUT2D eigenvalue weighted by atomic mass is 32.2. The van der Waals surface area contributed by atoms with Crippen molar-refractivity contribution in [2.75, 3.05) is 37.3 Å². The summed E-state index contributed by atoms with van der Waals surface area (Å²) in [5.74, 6) is 1.71. The molecule has 2 aromatic rings. The smallest absolute Gasteiger partial charge is 0.291 e. The highest BCUT2D eigenvalue weighted by molar-refractivity contribution is 7.98. The Morgan fingerprint density at radius 2 is 2.04 bits per heavy atom. The monoisotopic (exact) mass is 347 g/mol. The van der Waals surface area contributed by atoms with Crippen LogP contribution in [0.3, 0.4) is 0 Å². The number of anilines is 1. The lowest BCUT2D eigenvalue weighted by Gasteiger charge is -2.22. The van der Waals surface area contributed by atoms with Gasteiger partial charge in [0.25, 0.3) is 5.91 Å². The lowest BCUT2D eigenvalue weighted by molar-refractivity contribution is 0.0732. The van der Waals surface area contributed by atoms with Crippen LogP contribution in [-0.2, 0) is 0 Å². The quantitative estimate of drug-likeness (QED) is 0.622. The first-order valence-corrected chi connectivity index (χ1v) is 9.16. The van der Waals surface area contributed by atoms with Crippen LogP contribution in [0, 0.1) is 13.8 Å². The fraction of sp³-hybridized carbons (Fsp3) is 0.500. The van der Waals surface area contributed by atoms with Gasteiger partial charge in [-0.2, -0.15) is 0 Å². The molecule has 1 saturated heterocycles. The average molecular weight is 347 g/mol. The summed E-state index contributed by atoms with van der Waals surface area (Å²) in [4.78, 5) is 29.7. The van der Waals surface area contributed by atoms with Gasteiger partial charge in [0, 0.05) is 39.3 Å². The standard InChI is InChI=1S/C16H21N5O2S/c1-11-14(23-12(2)18-11)15(22)21-8-4-7-20(9-10-21)13-5-6-17-16(19-13)24-3/h5-6H,4,7-10H2,1-3H3. The number of nitrogens with zero attached hydrogens (tertiary/aromatic N) is 5. The Morgan fingerprint density at radius 1 is 1.21 bits per heavy atom. The maximum absolute atomic E-state index is 12.7. The molecule has 0 N–H and O–H groups in total. The first-order chi connectivity index (χ1) is 11.6. The van der Waals surface area contributed by atoms with Gasteiger partial charge in [0.2, 0.25) is 5.76 Å². The first-order valence-electron chi connectivity index (χ1n) is 7.94. The lowest BCUT2D eigenvalue weighted by atomic mass is 10.3. The van der Waals surface area contributed by atoms with Crippen molar-refractivity contribution in [2.24, 2.45) is 0 Å². The minimum atomic E-state index is -0.0811. The molecule has 1 fully saturated rings. The molecule has 3 rings (SSSR count). The fourth-order valence-corrected chi connectivity index (χ4v) is 3.18. The topological polar surface area (TPSA) is 75.4 Å². The van der Waals surface area contributed by atoms with Gasteiger partial charge in [0.05, 0.1) is 5.69 Å². The summed E-state index contributed by atoms with van der Waals surface area (Å²) < 4.78 is 5.47. The molecule has 0 saturated carbocycles. The van der Waals surface area contributed by atoms with E-state index >= 15 is 0 Å². The number of carbonyl (C=O) groups is 1. The lowest BCUT2D eigenvalue weighted by Crippen LogP contribution is -2.35. The van der Waals surface area contributed by atoms with Crippen molar-refractivity contribution in [3.05, 3.63) is 29.6 Å². The van der Waals surface area contributed by atoms with Crippen molar-refractivity contribution in [3.63, 3.8) is 0 Å². The first kappa shape index (κ1) is 16.8. The number of hydrogen-bond acceptors (Lipinski definition) is 7. The molecule has 7 nitrogen and oxygen atoms in total. The number of amides is 1. The zero-order chi connectivity index (χ0) is 17.1. The Bertz CT molecular complexity index is 733. The molecule has 0 aromatic carbocycles. The molecule has 8 heteroatoms. The van der Waals surface area contributed by atoms with Gasteiger partial charge < -0.3 is 14.2 Å². The van der Waals surface area contributed by atoms with E-state index in [9.17, 15) is 4.79 Å². The van der Waals surface area contributed by atoms with Gasteiger partial charge in [0.15, 0.2) is 11.0 Å². The summed E-state index contributed by atoms with van der Waals surface area (Å²) in [7, 11) is 0. The highest BCUT2D eigenvalue weighted by Crippen LogP contribution is 2.18. The van der Waals surface area contributed by atoms with Crippen molar-refractivity contribution in [2.45, 2.75) is 25.4 Å². The third-order valence-corrected chi connectivity index (χ3v) is 4.57. The van der Waals surface area contributed by atoms with E-state index in [1.165, 1.54) is 11.8 Å². The normalized spacial score (nSPS) is 15.5. The molecule has 2 aromatic heterocycles. The highest BCUT2D eigenvalue weighted by Gasteiger charge is 2.25. The summed E-state index contributed by atoms with van der Waals surface area (Å²) in [6.45, 7) is 6.50. The van der Waals surface area contributed by atoms with E-state index in [-0.39, 0.29) is 5.91 Å². The van der Waals surface area contributed by atoms with E-state index in [0.717, 1.165) is 30.5 Å². The van der Waals surface area contributed by atoms with Crippen molar-refractivity contribution in [1.82, 2.24) is 19.9 Å². The van der Waals surface area contributed by atoms with E-state index < -0.39 is 0 Å². The average Bonchev–Trinajstić information content (AvgIpc) is 2.79. The van der Waals surface area contributed by atoms with Gasteiger partial charge in [-0.25, -0.2) is 15.0 Å². The Balaban J connectivity index is 1.70. The predicted octanol–water partition coefficient (Wildman–Crippen LogP) is 2.16. The van der Waals surface area contributed by atoms with E-state index in [1.807, 2.05) is 17.2 Å². The Morgan fingerprint density at radius 3 is 2.75 bits per heavy atom. The summed E-state index contributed by atoms with van der Waals surface area (Å²) in [5.41, 5.74) is 0.652. The zero-order valence-corrected chi connectivity index (χ0v) is 15.0.